The van der Waals surface area contributed by atoms with E-state index in [1.165, 1.54) is 16.0 Å². The molecule has 3 heterocycles. The van der Waals surface area contributed by atoms with Crippen LogP contribution in [0.1, 0.15) is 53.2 Å². The predicted molar refractivity (Wildman–Crippen MR) is 127 cm³/mol. The van der Waals surface area contributed by atoms with Gasteiger partial charge in [0.25, 0.3) is 5.56 Å². The van der Waals surface area contributed by atoms with E-state index in [4.69, 9.17) is 4.98 Å². The maximum atomic E-state index is 13.0. The maximum absolute atomic E-state index is 13.0. The van der Waals surface area contributed by atoms with Crippen molar-refractivity contribution in [2.24, 2.45) is 5.92 Å². The fraction of sp³-hybridized carbons (Fsp3) is 0.391. The van der Waals surface area contributed by atoms with Crippen molar-refractivity contribution in [3.8, 4) is 5.69 Å². The number of H-pyrrole nitrogens is 1. The van der Waals surface area contributed by atoms with Gasteiger partial charge in [-0.1, -0.05) is 36.4 Å². The summed E-state index contributed by atoms with van der Waals surface area (Å²) < 4.78 is 2.04. The van der Waals surface area contributed by atoms with Crippen molar-refractivity contribution in [3.05, 3.63) is 62.3 Å². The molecule has 5 rings (SSSR count). The number of thioether (sulfide) groups is 1. The van der Waals surface area contributed by atoms with Gasteiger partial charge in [-0.3, -0.25) is 9.36 Å². The summed E-state index contributed by atoms with van der Waals surface area (Å²) in [4.78, 5) is 23.1. The van der Waals surface area contributed by atoms with Crippen molar-refractivity contribution < 1.29 is 0 Å². The molecule has 0 spiro atoms. The first-order chi connectivity index (χ1) is 14.9. The van der Waals surface area contributed by atoms with Gasteiger partial charge in [0.15, 0.2) is 5.16 Å². The van der Waals surface area contributed by atoms with Crippen LogP contribution in [0.25, 0.3) is 15.9 Å². The van der Waals surface area contributed by atoms with Crippen LogP contribution in [0, 0.1) is 19.8 Å². The smallest absolute Gasteiger partial charge is 0.259 e. The van der Waals surface area contributed by atoms with Crippen LogP contribution in [0.5, 0.6) is 0 Å². The molecule has 4 aromatic rings. The molecule has 6 nitrogen and oxygen atoms in total. The molecule has 2 atom stereocenters. The Morgan fingerprint density at radius 2 is 2.00 bits per heavy atom. The van der Waals surface area contributed by atoms with Gasteiger partial charge in [-0.05, 0) is 63.6 Å². The van der Waals surface area contributed by atoms with E-state index < -0.39 is 0 Å². The molecule has 1 N–H and O–H groups in total. The molecule has 2 unspecified atom stereocenters. The number of rotatable bonds is 4. The third-order valence-electron chi connectivity index (χ3n) is 5.94. The summed E-state index contributed by atoms with van der Waals surface area (Å²) >= 11 is 3.24. The Morgan fingerprint density at radius 1 is 1.23 bits per heavy atom. The minimum atomic E-state index is -0.0667. The first kappa shape index (κ1) is 20.5. The van der Waals surface area contributed by atoms with Gasteiger partial charge in [-0.25, -0.2) is 4.98 Å². The minimum absolute atomic E-state index is 0.0179. The zero-order chi connectivity index (χ0) is 21.7. The summed E-state index contributed by atoms with van der Waals surface area (Å²) in [5.74, 6) is 2.19. The van der Waals surface area contributed by atoms with Gasteiger partial charge in [0, 0.05) is 10.6 Å². The molecular weight excluding hydrogens is 426 g/mol. The van der Waals surface area contributed by atoms with Crippen LogP contribution < -0.4 is 5.56 Å². The summed E-state index contributed by atoms with van der Waals surface area (Å²) in [6.45, 7) is 8.35. The average molecular weight is 452 g/mol. The molecule has 1 aromatic carbocycles. The van der Waals surface area contributed by atoms with Gasteiger partial charge >= 0.3 is 0 Å². The van der Waals surface area contributed by atoms with Gasteiger partial charge in [-0.2, -0.15) is 0 Å². The molecule has 0 saturated heterocycles. The van der Waals surface area contributed by atoms with Gasteiger partial charge in [0.05, 0.1) is 10.6 Å². The zero-order valence-corrected chi connectivity index (χ0v) is 19.7. The minimum Gasteiger partial charge on any atom is -0.309 e. The average Bonchev–Trinajstić information content (AvgIpc) is 3.28. The van der Waals surface area contributed by atoms with E-state index in [0.717, 1.165) is 46.1 Å². The summed E-state index contributed by atoms with van der Waals surface area (Å²) in [5, 5.41) is 10.2. The molecule has 3 aromatic heterocycles. The lowest BCUT2D eigenvalue weighted by molar-refractivity contribution is 0.509. The number of aromatic nitrogens is 5. The van der Waals surface area contributed by atoms with Crippen LogP contribution in [0.3, 0.4) is 0 Å². The molecule has 8 heteroatoms. The van der Waals surface area contributed by atoms with Crippen molar-refractivity contribution in [1.82, 2.24) is 24.7 Å². The Balaban J connectivity index is 1.48. The van der Waals surface area contributed by atoms with E-state index in [-0.39, 0.29) is 10.8 Å². The van der Waals surface area contributed by atoms with Crippen LogP contribution in [-0.4, -0.2) is 24.7 Å². The number of nitrogens with one attached hydrogen (secondary N) is 1. The number of nitrogens with zero attached hydrogens (tertiary/aromatic N) is 4. The van der Waals surface area contributed by atoms with Crippen LogP contribution in [0.15, 0.2) is 34.2 Å². The largest absolute Gasteiger partial charge is 0.309 e. The summed E-state index contributed by atoms with van der Waals surface area (Å²) in [6, 6.07) is 8.31. The number of hydrogen-bond acceptors (Lipinski definition) is 6. The Morgan fingerprint density at radius 3 is 2.77 bits per heavy atom. The third kappa shape index (κ3) is 3.72. The second-order valence-corrected chi connectivity index (χ2v) is 10.8. The van der Waals surface area contributed by atoms with Crippen LogP contribution in [-0.2, 0) is 12.8 Å². The van der Waals surface area contributed by atoms with Crippen molar-refractivity contribution in [1.29, 1.82) is 0 Å². The second-order valence-electron chi connectivity index (χ2n) is 8.44. The molecule has 160 valence electrons. The number of hydrogen-bond donors (Lipinski definition) is 1. The van der Waals surface area contributed by atoms with E-state index in [1.807, 2.05) is 18.4 Å². The summed E-state index contributed by atoms with van der Waals surface area (Å²) in [5.41, 5.74) is 3.43. The van der Waals surface area contributed by atoms with E-state index in [0.29, 0.717) is 11.7 Å². The fourth-order valence-electron chi connectivity index (χ4n) is 4.18. The molecule has 0 radical (unpaired) electrons. The highest BCUT2D eigenvalue weighted by Crippen LogP contribution is 2.38. The molecular formula is C23H25N5OS2. The Labute approximate surface area is 189 Å². The second kappa shape index (κ2) is 7.91. The van der Waals surface area contributed by atoms with E-state index in [1.54, 1.807) is 23.1 Å². The summed E-state index contributed by atoms with van der Waals surface area (Å²) in [6.07, 6.45) is 3.17. The molecule has 1 aliphatic carbocycles. The molecule has 31 heavy (non-hydrogen) atoms. The van der Waals surface area contributed by atoms with Crippen molar-refractivity contribution in [3.63, 3.8) is 0 Å². The van der Waals surface area contributed by atoms with Gasteiger partial charge in [0.2, 0.25) is 0 Å². The molecule has 0 amide bonds. The number of thiophene rings is 1. The number of benzene rings is 1. The number of aryl methyl sites for hydroxylation is 3. The van der Waals surface area contributed by atoms with E-state index in [9.17, 15) is 4.79 Å². The quantitative estimate of drug-likeness (QED) is 0.434. The lowest BCUT2D eigenvalue weighted by Gasteiger charge is -2.17. The highest BCUT2D eigenvalue weighted by Gasteiger charge is 2.24. The van der Waals surface area contributed by atoms with Gasteiger partial charge in [0.1, 0.15) is 16.5 Å². The maximum Gasteiger partial charge on any atom is 0.259 e. The summed E-state index contributed by atoms with van der Waals surface area (Å²) in [7, 11) is 0. The van der Waals surface area contributed by atoms with Crippen LogP contribution >= 0.6 is 23.1 Å². The highest BCUT2D eigenvalue weighted by atomic mass is 32.2. The van der Waals surface area contributed by atoms with Gasteiger partial charge in [-0.15, -0.1) is 21.5 Å². The topological polar surface area (TPSA) is 76.5 Å². The lowest BCUT2D eigenvalue weighted by atomic mass is 9.89. The molecule has 0 aliphatic heterocycles. The monoisotopic (exact) mass is 451 g/mol. The van der Waals surface area contributed by atoms with E-state index in [2.05, 4.69) is 53.3 Å². The fourth-order valence-corrected chi connectivity index (χ4v) is 6.54. The predicted octanol–water partition coefficient (Wildman–Crippen LogP) is 5.16. The Hall–Kier alpha value is -2.45. The molecule has 0 saturated carbocycles. The number of aromatic amines is 1. The first-order valence-corrected chi connectivity index (χ1v) is 12.3. The normalized spacial score (nSPS) is 17.1. The first-order valence-electron chi connectivity index (χ1n) is 10.6. The zero-order valence-electron chi connectivity index (χ0n) is 18.1. The molecule has 0 bridgehead atoms. The third-order valence-corrected chi connectivity index (χ3v) is 8.14. The van der Waals surface area contributed by atoms with E-state index >= 15 is 0 Å². The van der Waals surface area contributed by atoms with Crippen LogP contribution in [0.2, 0.25) is 0 Å². The number of fused-ring (bicyclic) bond motifs is 3. The Kier molecular flexibility index (Phi) is 5.22. The lowest BCUT2D eigenvalue weighted by Crippen LogP contribution is -2.15. The highest BCUT2D eigenvalue weighted by molar-refractivity contribution is 7.99. The van der Waals surface area contributed by atoms with Crippen molar-refractivity contribution in [2.45, 2.75) is 57.4 Å². The van der Waals surface area contributed by atoms with Crippen molar-refractivity contribution in [2.75, 3.05) is 0 Å². The standard InChI is InChI=1S/C23H25N5OS2/c1-12-5-8-16(9-6-12)28-15(4)26-27-23(28)30-14(3)20-24-21(29)19-17-10-7-13(2)11-18(17)31-22(19)25-20/h5-6,8-9,13-14H,7,10-11H2,1-4H3,(H,24,25,29). The Bertz CT molecular complexity index is 1320. The SMILES string of the molecule is Cc1ccc(-n2c(C)nnc2SC(C)c2nc3sc4c(c3c(=O)[nH]2)CCC(C)C4)cc1. The molecule has 0 fully saturated rings. The van der Waals surface area contributed by atoms with Gasteiger partial charge < -0.3 is 4.98 Å². The van der Waals surface area contributed by atoms with Crippen molar-refractivity contribution >= 4 is 33.3 Å². The van der Waals surface area contributed by atoms with Crippen LogP contribution in [0.4, 0.5) is 0 Å². The molecule has 1 aliphatic rings.